The van der Waals surface area contributed by atoms with Gasteiger partial charge in [-0.05, 0) is 35.4 Å². The van der Waals surface area contributed by atoms with Crippen molar-refractivity contribution in [1.82, 2.24) is 0 Å². The van der Waals surface area contributed by atoms with Crippen molar-refractivity contribution < 1.29 is 18.3 Å². The van der Waals surface area contributed by atoms with Crippen molar-refractivity contribution in [2.75, 3.05) is 14.2 Å². The van der Waals surface area contributed by atoms with E-state index in [0.717, 1.165) is 0 Å². The van der Waals surface area contributed by atoms with E-state index in [1.54, 1.807) is 48.5 Å². The fourth-order valence-electron chi connectivity index (χ4n) is 1.90. The Morgan fingerprint density at radius 2 is 1.05 bits per heavy atom. The SMILES string of the molecule is COc1ccc(C(=C(F)F)c2ccc(OC)cc2)cc1. The van der Waals surface area contributed by atoms with Crippen molar-refractivity contribution in [1.29, 1.82) is 0 Å². The van der Waals surface area contributed by atoms with Crippen molar-refractivity contribution >= 4 is 5.57 Å². The van der Waals surface area contributed by atoms with Crippen LogP contribution in [0.3, 0.4) is 0 Å². The molecule has 2 rings (SSSR count). The average molecular weight is 276 g/mol. The zero-order valence-electron chi connectivity index (χ0n) is 11.2. The second kappa shape index (κ2) is 6.19. The lowest BCUT2D eigenvalue weighted by atomic mass is 9.99. The van der Waals surface area contributed by atoms with Crippen LogP contribution in [0.1, 0.15) is 11.1 Å². The lowest BCUT2D eigenvalue weighted by molar-refractivity contribution is 0.414. The second-order valence-corrected chi connectivity index (χ2v) is 4.09. The Bertz CT molecular complexity index is 548. The van der Waals surface area contributed by atoms with Crippen LogP contribution in [0, 0.1) is 0 Å². The number of hydrogen-bond donors (Lipinski definition) is 0. The van der Waals surface area contributed by atoms with E-state index < -0.39 is 6.08 Å². The van der Waals surface area contributed by atoms with Crippen LogP contribution in [0.4, 0.5) is 8.78 Å². The third-order valence-corrected chi connectivity index (χ3v) is 2.95. The predicted molar refractivity (Wildman–Crippen MR) is 74.2 cm³/mol. The van der Waals surface area contributed by atoms with Gasteiger partial charge in [0, 0.05) is 0 Å². The van der Waals surface area contributed by atoms with Gasteiger partial charge in [-0.3, -0.25) is 0 Å². The van der Waals surface area contributed by atoms with Crippen molar-refractivity contribution in [3.8, 4) is 11.5 Å². The van der Waals surface area contributed by atoms with E-state index in [9.17, 15) is 8.78 Å². The molecule has 0 amide bonds. The molecule has 0 unspecified atom stereocenters. The normalized spacial score (nSPS) is 10.0. The summed E-state index contributed by atoms with van der Waals surface area (Å²) in [5.74, 6) is 1.25. The van der Waals surface area contributed by atoms with Crippen LogP contribution >= 0.6 is 0 Å². The third-order valence-electron chi connectivity index (χ3n) is 2.95. The van der Waals surface area contributed by atoms with Crippen LogP contribution in [0.15, 0.2) is 54.6 Å². The minimum Gasteiger partial charge on any atom is -0.497 e. The molecule has 2 aromatic rings. The van der Waals surface area contributed by atoms with Gasteiger partial charge < -0.3 is 9.47 Å². The van der Waals surface area contributed by atoms with Gasteiger partial charge in [0.1, 0.15) is 11.5 Å². The zero-order valence-corrected chi connectivity index (χ0v) is 11.2. The van der Waals surface area contributed by atoms with E-state index in [0.29, 0.717) is 22.6 Å². The summed E-state index contributed by atoms with van der Waals surface area (Å²) in [4.78, 5) is 0. The molecule has 0 aromatic heterocycles. The van der Waals surface area contributed by atoms with E-state index >= 15 is 0 Å². The van der Waals surface area contributed by atoms with Gasteiger partial charge in [0.05, 0.1) is 19.8 Å². The fourth-order valence-corrected chi connectivity index (χ4v) is 1.90. The van der Waals surface area contributed by atoms with E-state index in [2.05, 4.69) is 0 Å². The zero-order chi connectivity index (χ0) is 14.5. The Morgan fingerprint density at radius 3 is 1.30 bits per heavy atom. The first-order valence-electron chi connectivity index (χ1n) is 6.00. The average Bonchev–Trinajstić information content (AvgIpc) is 2.48. The minimum absolute atomic E-state index is 0.0877. The third kappa shape index (κ3) is 2.96. The molecule has 0 aliphatic carbocycles. The molecule has 0 saturated heterocycles. The molecule has 0 saturated carbocycles. The molecular weight excluding hydrogens is 262 g/mol. The maximum atomic E-state index is 13.3. The lowest BCUT2D eigenvalue weighted by Gasteiger charge is -2.09. The van der Waals surface area contributed by atoms with Gasteiger partial charge in [0.25, 0.3) is 6.08 Å². The highest BCUT2D eigenvalue weighted by atomic mass is 19.3. The van der Waals surface area contributed by atoms with Crippen LogP contribution < -0.4 is 9.47 Å². The number of halogens is 2. The lowest BCUT2D eigenvalue weighted by Crippen LogP contribution is -1.91. The van der Waals surface area contributed by atoms with Gasteiger partial charge in [0.2, 0.25) is 0 Å². The van der Waals surface area contributed by atoms with Crippen molar-refractivity contribution in [3.63, 3.8) is 0 Å². The Labute approximate surface area is 116 Å². The first-order chi connectivity index (χ1) is 9.65. The summed E-state index contributed by atoms with van der Waals surface area (Å²) in [7, 11) is 3.07. The highest BCUT2D eigenvalue weighted by Gasteiger charge is 2.12. The van der Waals surface area contributed by atoms with Gasteiger partial charge in [0.15, 0.2) is 0 Å². The summed E-state index contributed by atoms with van der Waals surface area (Å²) in [6.45, 7) is 0. The molecule has 0 aliphatic heterocycles. The molecule has 0 radical (unpaired) electrons. The Balaban J connectivity index is 2.42. The summed E-state index contributed by atoms with van der Waals surface area (Å²) >= 11 is 0. The molecule has 0 bridgehead atoms. The highest BCUT2D eigenvalue weighted by molar-refractivity contribution is 5.80. The van der Waals surface area contributed by atoms with Crippen LogP contribution in [0.25, 0.3) is 5.57 Å². The quantitative estimate of drug-likeness (QED) is 0.826. The molecule has 20 heavy (non-hydrogen) atoms. The van der Waals surface area contributed by atoms with Gasteiger partial charge in [-0.1, -0.05) is 24.3 Å². The molecule has 2 aromatic carbocycles. The number of ether oxygens (including phenoxy) is 2. The predicted octanol–water partition coefficient (Wildman–Crippen LogP) is 4.36. The van der Waals surface area contributed by atoms with Crippen LogP contribution in [0.2, 0.25) is 0 Å². The molecule has 0 aliphatic rings. The summed E-state index contributed by atoms with van der Waals surface area (Å²) in [6.07, 6.45) is -1.72. The fraction of sp³-hybridized carbons (Fsp3) is 0.125. The van der Waals surface area contributed by atoms with Crippen molar-refractivity contribution in [2.24, 2.45) is 0 Å². The van der Waals surface area contributed by atoms with Gasteiger partial charge in [-0.25, -0.2) is 0 Å². The number of benzene rings is 2. The number of hydrogen-bond acceptors (Lipinski definition) is 2. The largest absolute Gasteiger partial charge is 0.497 e. The maximum Gasteiger partial charge on any atom is 0.278 e. The molecule has 0 heterocycles. The topological polar surface area (TPSA) is 18.5 Å². The van der Waals surface area contributed by atoms with Gasteiger partial charge in [-0.15, -0.1) is 0 Å². The number of methoxy groups -OCH3 is 2. The minimum atomic E-state index is -1.72. The number of rotatable bonds is 4. The molecule has 0 N–H and O–H groups in total. The van der Waals surface area contributed by atoms with E-state index in [-0.39, 0.29) is 5.57 Å². The first kappa shape index (κ1) is 14.1. The van der Waals surface area contributed by atoms with E-state index in [1.807, 2.05) is 0 Å². The molecule has 0 atom stereocenters. The van der Waals surface area contributed by atoms with E-state index in [4.69, 9.17) is 9.47 Å². The first-order valence-corrected chi connectivity index (χ1v) is 6.00. The standard InChI is InChI=1S/C16H14F2O2/c1-19-13-7-3-11(4-8-13)15(16(17)18)12-5-9-14(20-2)10-6-12/h3-10H,1-2H3. The van der Waals surface area contributed by atoms with Crippen molar-refractivity contribution in [3.05, 3.63) is 65.7 Å². The summed E-state index contributed by atoms with van der Waals surface area (Å²) < 4.78 is 36.6. The smallest absolute Gasteiger partial charge is 0.278 e. The second-order valence-electron chi connectivity index (χ2n) is 4.09. The summed E-state index contributed by atoms with van der Waals surface area (Å²) in [5, 5.41) is 0. The molecule has 4 heteroatoms. The molecule has 0 spiro atoms. The molecule has 104 valence electrons. The summed E-state index contributed by atoms with van der Waals surface area (Å²) in [5.41, 5.74) is 0.794. The monoisotopic (exact) mass is 276 g/mol. The maximum absolute atomic E-state index is 13.3. The van der Waals surface area contributed by atoms with Gasteiger partial charge >= 0.3 is 0 Å². The van der Waals surface area contributed by atoms with Crippen molar-refractivity contribution in [2.45, 2.75) is 0 Å². The van der Waals surface area contributed by atoms with E-state index in [1.165, 1.54) is 14.2 Å². The summed E-state index contributed by atoms with van der Waals surface area (Å²) in [6, 6.07) is 13.1. The Kier molecular flexibility index (Phi) is 4.35. The molecule has 0 fully saturated rings. The van der Waals surface area contributed by atoms with Crippen LogP contribution in [-0.4, -0.2) is 14.2 Å². The Hall–Kier alpha value is -2.36. The molecular formula is C16H14F2O2. The van der Waals surface area contributed by atoms with Crippen LogP contribution in [0.5, 0.6) is 11.5 Å². The Morgan fingerprint density at radius 1 is 0.700 bits per heavy atom. The highest BCUT2D eigenvalue weighted by Crippen LogP contribution is 2.30. The van der Waals surface area contributed by atoms with Crippen LogP contribution in [-0.2, 0) is 0 Å². The van der Waals surface area contributed by atoms with Gasteiger partial charge in [-0.2, -0.15) is 8.78 Å². The molecule has 2 nitrogen and oxygen atoms in total.